The Labute approximate surface area is 104 Å². The molecule has 1 unspecified atom stereocenters. The fourth-order valence-electron chi connectivity index (χ4n) is 1.94. The largest absolute Gasteiger partial charge is 0.380 e. The minimum atomic E-state index is -0.709. The third-order valence-electron chi connectivity index (χ3n) is 2.77. The van der Waals surface area contributed by atoms with Crippen LogP contribution < -0.4 is 5.73 Å². The fourth-order valence-corrected chi connectivity index (χ4v) is 1.94. The lowest BCUT2D eigenvalue weighted by Crippen LogP contribution is -2.53. The standard InChI is InChI=1S/C11H22N2O2.ClH/c1-3-5-11(2,12)10(14)13-6-4-8-15-9-7-13;/h3-9,12H2,1-2H3;1H. The predicted molar refractivity (Wildman–Crippen MR) is 66.8 cm³/mol. The molecule has 16 heavy (non-hydrogen) atoms. The summed E-state index contributed by atoms with van der Waals surface area (Å²) in [5, 5.41) is 0. The molecule has 5 heteroatoms. The maximum atomic E-state index is 12.1. The second kappa shape index (κ2) is 7.09. The highest BCUT2D eigenvalue weighted by atomic mass is 35.5. The van der Waals surface area contributed by atoms with Crippen LogP contribution in [0, 0.1) is 0 Å². The van der Waals surface area contributed by atoms with E-state index in [1.54, 1.807) is 0 Å². The van der Waals surface area contributed by atoms with Gasteiger partial charge >= 0.3 is 0 Å². The Morgan fingerprint density at radius 1 is 1.44 bits per heavy atom. The zero-order valence-electron chi connectivity index (χ0n) is 10.2. The van der Waals surface area contributed by atoms with Crippen LogP contribution in [0.5, 0.6) is 0 Å². The Balaban J connectivity index is 0.00000225. The normalized spacial score (nSPS) is 20.6. The van der Waals surface area contributed by atoms with Crippen LogP contribution in [0.1, 0.15) is 33.1 Å². The molecule has 1 heterocycles. The molecule has 1 amide bonds. The van der Waals surface area contributed by atoms with E-state index in [2.05, 4.69) is 0 Å². The number of hydrogen-bond acceptors (Lipinski definition) is 3. The molecule has 0 aliphatic carbocycles. The van der Waals surface area contributed by atoms with Gasteiger partial charge in [0.15, 0.2) is 0 Å². The van der Waals surface area contributed by atoms with Crippen molar-refractivity contribution in [2.45, 2.75) is 38.6 Å². The highest BCUT2D eigenvalue weighted by molar-refractivity contribution is 5.85. The molecule has 2 N–H and O–H groups in total. The second-order valence-corrected chi connectivity index (χ2v) is 4.43. The summed E-state index contributed by atoms with van der Waals surface area (Å²) in [6.45, 7) is 6.70. The molecule has 0 aromatic carbocycles. The number of carbonyl (C=O) groups is 1. The van der Waals surface area contributed by atoms with E-state index in [9.17, 15) is 4.79 Å². The number of nitrogens with two attached hydrogens (primary N) is 1. The lowest BCUT2D eigenvalue weighted by atomic mass is 9.95. The summed E-state index contributed by atoms with van der Waals surface area (Å²) in [4.78, 5) is 13.9. The molecule has 96 valence electrons. The van der Waals surface area contributed by atoms with Gasteiger partial charge in [0, 0.05) is 19.7 Å². The molecule has 1 aliphatic heterocycles. The number of carbonyl (C=O) groups excluding carboxylic acids is 1. The minimum Gasteiger partial charge on any atom is -0.380 e. The molecule has 0 aromatic rings. The molecule has 1 fully saturated rings. The molecule has 1 atom stereocenters. The van der Waals surface area contributed by atoms with Gasteiger partial charge in [-0.2, -0.15) is 0 Å². The van der Waals surface area contributed by atoms with Crippen LogP contribution in [0.25, 0.3) is 0 Å². The summed E-state index contributed by atoms with van der Waals surface area (Å²) < 4.78 is 5.31. The lowest BCUT2D eigenvalue weighted by Gasteiger charge is -2.30. The molecule has 1 rings (SSSR count). The second-order valence-electron chi connectivity index (χ2n) is 4.43. The fraction of sp³-hybridized carbons (Fsp3) is 0.909. The topological polar surface area (TPSA) is 55.6 Å². The highest BCUT2D eigenvalue weighted by Crippen LogP contribution is 2.14. The summed E-state index contributed by atoms with van der Waals surface area (Å²) in [6, 6.07) is 0. The number of nitrogens with zero attached hydrogens (tertiary/aromatic N) is 1. The van der Waals surface area contributed by atoms with E-state index >= 15 is 0 Å². The number of rotatable bonds is 3. The molecule has 4 nitrogen and oxygen atoms in total. The van der Waals surface area contributed by atoms with Crippen LogP contribution >= 0.6 is 12.4 Å². The van der Waals surface area contributed by atoms with Crippen molar-refractivity contribution < 1.29 is 9.53 Å². The number of amides is 1. The Morgan fingerprint density at radius 3 is 2.75 bits per heavy atom. The van der Waals surface area contributed by atoms with E-state index in [4.69, 9.17) is 10.5 Å². The number of ether oxygens (including phenoxy) is 1. The Hall–Kier alpha value is -0.320. The summed E-state index contributed by atoms with van der Waals surface area (Å²) in [6.07, 6.45) is 2.58. The molecule has 0 saturated carbocycles. The monoisotopic (exact) mass is 250 g/mol. The molecule has 1 aliphatic rings. The first-order valence-corrected chi connectivity index (χ1v) is 5.74. The van der Waals surface area contributed by atoms with Gasteiger partial charge in [-0.3, -0.25) is 4.79 Å². The quantitative estimate of drug-likeness (QED) is 0.818. The van der Waals surface area contributed by atoms with E-state index in [-0.39, 0.29) is 18.3 Å². The van der Waals surface area contributed by atoms with Gasteiger partial charge in [0.25, 0.3) is 0 Å². The van der Waals surface area contributed by atoms with Gasteiger partial charge in [-0.1, -0.05) is 13.3 Å². The van der Waals surface area contributed by atoms with E-state index in [0.29, 0.717) is 13.2 Å². The molecule has 1 saturated heterocycles. The molecule has 0 aromatic heterocycles. The van der Waals surface area contributed by atoms with Crippen molar-refractivity contribution >= 4 is 18.3 Å². The summed E-state index contributed by atoms with van der Waals surface area (Å²) >= 11 is 0. The van der Waals surface area contributed by atoms with Crippen molar-refractivity contribution in [1.82, 2.24) is 4.90 Å². The molecule has 0 spiro atoms. The predicted octanol–water partition coefficient (Wildman–Crippen LogP) is 1.17. The first kappa shape index (κ1) is 15.7. The van der Waals surface area contributed by atoms with Crippen molar-refractivity contribution in [3.8, 4) is 0 Å². The van der Waals surface area contributed by atoms with Gasteiger partial charge < -0.3 is 15.4 Å². The van der Waals surface area contributed by atoms with E-state index in [1.807, 2.05) is 18.7 Å². The van der Waals surface area contributed by atoms with E-state index < -0.39 is 5.54 Å². The highest BCUT2D eigenvalue weighted by Gasteiger charge is 2.31. The zero-order valence-corrected chi connectivity index (χ0v) is 11.0. The average Bonchev–Trinajstić information content (AvgIpc) is 2.44. The van der Waals surface area contributed by atoms with Crippen LogP contribution in [0.15, 0.2) is 0 Å². The van der Waals surface area contributed by atoms with Gasteiger partial charge in [-0.05, 0) is 19.8 Å². The molecule has 0 bridgehead atoms. The van der Waals surface area contributed by atoms with Gasteiger partial charge in [0.05, 0.1) is 12.1 Å². The maximum absolute atomic E-state index is 12.1. The van der Waals surface area contributed by atoms with Crippen molar-refractivity contribution in [1.29, 1.82) is 0 Å². The zero-order chi connectivity index (χ0) is 11.3. The van der Waals surface area contributed by atoms with Gasteiger partial charge in [-0.25, -0.2) is 0 Å². The van der Waals surface area contributed by atoms with E-state index in [0.717, 1.165) is 32.4 Å². The van der Waals surface area contributed by atoms with Crippen LogP contribution in [0.2, 0.25) is 0 Å². The van der Waals surface area contributed by atoms with Crippen molar-refractivity contribution in [2.75, 3.05) is 26.3 Å². The number of hydrogen-bond donors (Lipinski definition) is 1. The summed E-state index contributed by atoms with van der Waals surface area (Å²) in [7, 11) is 0. The Morgan fingerprint density at radius 2 is 2.12 bits per heavy atom. The summed E-state index contributed by atoms with van der Waals surface area (Å²) in [5.74, 6) is 0.0647. The first-order valence-electron chi connectivity index (χ1n) is 5.74. The minimum absolute atomic E-state index is 0. The molecule has 0 radical (unpaired) electrons. The summed E-state index contributed by atoms with van der Waals surface area (Å²) in [5.41, 5.74) is 5.31. The molecular formula is C11H23ClN2O2. The van der Waals surface area contributed by atoms with Gasteiger partial charge in [0.1, 0.15) is 0 Å². The van der Waals surface area contributed by atoms with Crippen LogP contribution in [-0.2, 0) is 9.53 Å². The number of halogens is 1. The van der Waals surface area contributed by atoms with E-state index in [1.165, 1.54) is 0 Å². The van der Waals surface area contributed by atoms with Crippen LogP contribution in [-0.4, -0.2) is 42.6 Å². The average molecular weight is 251 g/mol. The van der Waals surface area contributed by atoms with Crippen LogP contribution in [0.4, 0.5) is 0 Å². The van der Waals surface area contributed by atoms with Gasteiger partial charge in [-0.15, -0.1) is 12.4 Å². The van der Waals surface area contributed by atoms with Crippen molar-refractivity contribution in [2.24, 2.45) is 5.73 Å². The Kier molecular flexibility index (Phi) is 6.95. The lowest BCUT2D eigenvalue weighted by molar-refractivity contribution is -0.136. The molecular weight excluding hydrogens is 228 g/mol. The Bertz CT molecular complexity index is 214. The van der Waals surface area contributed by atoms with Crippen LogP contribution in [0.3, 0.4) is 0 Å². The van der Waals surface area contributed by atoms with Crippen molar-refractivity contribution in [3.63, 3.8) is 0 Å². The third-order valence-corrected chi connectivity index (χ3v) is 2.77. The SMILES string of the molecule is CCCC(C)(N)C(=O)N1CCCOCC1.Cl. The first-order chi connectivity index (χ1) is 7.08. The maximum Gasteiger partial charge on any atom is 0.242 e. The van der Waals surface area contributed by atoms with Gasteiger partial charge in [0.2, 0.25) is 5.91 Å². The smallest absolute Gasteiger partial charge is 0.242 e. The van der Waals surface area contributed by atoms with Crippen molar-refractivity contribution in [3.05, 3.63) is 0 Å². The third kappa shape index (κ3) is 4.28.